The SMILES string of the molecule is COc1ccc(CCOC(=O)c2ccc(Cl)cc2[N+](=O)[O-])cc1. The molecule has 0 saturated heterocycles. The number of nitro groups is 1. The first-order valence-electron chi connectivity index (χ1n) is 6.75. The van der Waals surface area contributed by atoms with Crippen molar-refractivity contribution in [2.24, 2.45) is 0 Å². The molecule has 2 rings (SSSR count). The van der Waals surface area contributed by atoms with Gasteiger partial charge < -0.3 is 9.47 Å². The predicted molar refractivity (Wildman–Crippen MR) is 85.1 cm³/mol. The molecule has 2 aromatic rings. The molecule has 0 aliphatic carbocycles. The summed E-state index contributed by atoms with van der Waals surface area (Å²) in [6.45, 7) is 0.116. The minimum atomic E-state index is -0.748. The summed E-state index contributed by atoms with van der Waals surface area (Å²) < 4.78 is 10.2. The Labute approximate surface area is 137 Å². The van der Waals surface area contributed by atoms with Crippen molar-refractivity contribution in [3.8, 4) is 5.75 Å². The molecule has 120 valence electrons. The molecule has 0 bridgehead atoms. The maximum atomic E-state index is 12.0. The Kier molecular flexibility index (Phi) is 5.54. The zero-order chi connectivity index (χ0) is 16.8. The number of nitro benzene ring substituents is 1. The summed E-state index contributed by atoms with van der Waals surface area (Å²) in [5.41, 5.74) is 0.477. The number of ether oxygens (including phenoxy) is 2. The number of rotatable bonds is 6. The van der Waals surface area contributed by atoms with Crippen molar-refractivity contribution in [2.75, 3.05) is 13.7 Å². The summed E-state index contributed by atoms with van der Waals surface area (Å²) in [5, 5.41) is 11.1. The highest BCUT2D eigenvalue weighted by molar-refractivity contribution is 6.31. The van der Waals surface area contributed by atoms with Gasteiger partial charge in [-0.05, 0) is 29.8 Å². The molecule has 23 heavy (non-hydrogen) atoms. The molecule has 0 N–H and O–H groups in total. The fraction of sp³-hybridized carbons (Fsp3) is 0.188. The zero-order valence-electron chi connectivity index (χ0n) is 12.3. The summed E-state index contributed by atoms with van der Waals surface area (Å²) >= 11 is 5.71. The van der Waals surface area contributed by atoms with Gasteiger partial charge >= 0.3 is 5.97 Å². The lowest BCUT2D eigenvalue weighted by Crippen LogP contribution is -2.10. The van der Waals surface area contributed by atoms with Crippen LogP contribution in [0.25, 0.3) is 0 Å². The monoisotopic (exact) mass is 335 g/mol. The van der Waals surface area contributed by atoms with Gasteiger partial charge in [-0.3, -0.25) is 10.1 Å². The predicted octanol–water partition coefficient (Wildman–Crippen LogP) is 3.66. The van der Waals surface area contributed by atoms with E-state index in [1.54, 1.807) is 19.2 Å². The molecule has 0 aromatic heterocycles. The molecule has 2 aromatic carbocycles. The normalized spacial score (nSPS) is 10.2. The Bertz CT molecular complexity index is 715. The van der Waals surface area contributed by atoms with Crippen LogP contribution in [0.15, 0.2) is 42.5 Å². The number of carbonyl (C=O) groups is 1. The maximum Gasteiger partial charge on any atom is 0.345 e. The van der Waals surface area contributed by atoms with E-state index >= 15 is 0 Å². The summed E-state index contributed by atoms with van der Waals surface area (Å²) in [7, 11) is 1.58. The van der Waals surface area contributed by atoms with E-state index < -0.39 is 10.9 Å². The lowest BCUT2D eigenvalue weighted by Gasteiger charge is -2.06. The third kappa shape index (κ3) is 4.43. The van der Waals surface area contributed by atoms with Gasteiger partial charge in [0.2, 0.25) is 0 Å². The molecule has 6 nitrogen and oxygen atoms in total. The first-order valence-corrected chi connectivity index (χ1v) is 7.13. The van der Waals surface area contributed by atoms with Crippen LogP contribution in [0.1, 0.15) is 15.9 Å². The zero-order valence-corrected chi connectivity index (χ0v) is 13.1. The molecule has 0 atom stereocenters. The van der Waals surface area contributed by atoms with E-state index in [0.717, 1.165) is 17.4 Å². The van der Waals surface area contributed by atoms with Crippen LogP contribution in [-0.4, -0.2) is 24.6 Å². The van der Waals surface area contributed by atoms with Crippen molar-refractivity contribution in [2.45, 2.75) is 6.42 Å². The summed E-state index contributed by atoms with van der Waals surface area (Å²) in [4.78, 5) is 22.3. The minimum absolute atomic E-state index is 0.116. The van der Waals surface area contributed by atoms with Gasteiger partial charge in [-0.1, -0.05) is 23.7 Å². The average molecular weight is 336 g/mol. The number of nitrogens with zero attached hydrogens (tertiary/aromatic N) is 1. The molecule has 0 fully saturated rings. The van der Waals surface area contributed by atoms with Gasteiger partial charge in [0, 0.05) is 17.5 Å². The van der Waals surface area contributed by atoms with E-state index in [2.05, 4.69) is 0 Å². The number of carbonyl (C=O) groups excluding carboxylic acids is 1. The van der Waals surface area contributed by atoms with Gasteiger partial charge in [-0.2, -0.15) is 0 Å². The minimum Gasteiger partial charge on any atom is -0.497 e. The van der Waals surface area contributed by atoms with Gasteiger partial charge in [0.25, 0.3) is 5.69 Å². The molecular weight excluding hydrogens is 322 g/mol. The van der Waals surface area contributed by atoms with Gasteiger partial charge in [0.15, 0.2) is 0 Å². The van der Waals surface area contributed by atoms with E-state index in [9.17, 15) is 14.9 Å². The van der Waals surface area contributed by atoms with E-state index in [-0.39, 0.29) is 22.9 Å². The second-order valence-corrected chi connectivity index (χ2v) is 5.09. The summed E-state index contributed by atoms with van der Waals surface area (Å²) in [5.74, 6) is -0.00980. The molecule has 0 aliphatic heterocycles. The number of hydrogen-bond acceptors (Lipinski definition) is 5. The van der Waals surface area contributed by atoms with Crippen LogP contribution in [0.3, 0.4) is 0 Å². The van der Waals surface area contributed by atoms with Gasteiger partial charge in [-0.15, -0.1) is 0 Å². The molecule has 0 saturated carbocycles. The van der Waals surface area contributed by atoms with Crippen LogP contribution in [0.4, 0.5) is 5.69 Å². The number of methoxy groups -OCH3 is 1. The number of esters is 1. The Morgan fingerprint density at radius 1 is 1.22 bits per heavy atom. The second-order valence-electron chi connectivity index (χ2n) is 4.65. The molecule has 0 amide bonds. The van der Waals surface area contributed by atoms with Crippen LogP contribution in [0, 0.1) is 10.1 Å². The molecule has 7 heteroatoms. The van der Waals surface area contributed by atoms with E-state index in [4.69, 9.17) is 21.1 Å². The first kappa shape index (κ1) is 16.8. The maximum absolute atomic E-state index is 12.0. The van der Waals surface area contributed by atoms with Crippen molar-refractivity contribution >= 4 is 23.3 Å². The molecule has 0 aliphatic rings. The Hall–Kier alpha value is -2.60. The van der Waals surface area contributed by atoms with Crippen LogP contribution in [-0.2, 0) is 11.2 Å². The number of benzene rings is 2. The van der Waals surface area contributed by atoms with Gasteiger partial charge in [0.05, 0.1) is 18.6 Å². The van der Waals surface area contributed by atoms with Gasteiger partial charge in [-0.25, -0.2) is 4.79 Å². The third-order valence-electron chi connectivity index (χ3n) is 3.16. The topological polar surface area (TPSA) is 78.7 Å². The summed E-state index contributed by atoms with van der Waals surface area (Å²) in [6.07, 6.45) is 0.497. The Morgan fingerprint density at radius 3 is 2.52 bits per heavy atom. The van der Waals surface area contributed by atoms with Crippen molar-refractivity contribution in [3.05, 3.63) is 68.7 Å². The quantitative estimate of drug-likeness (QED) is 0.457. The molecule has 0 radical (unpaired) electrons. The summed E-state index contributed by atoms with van der Waals surface area (Å²) in [6, 6.07) is 11.2. The first-order chi connectivity index (χ1) is 11.0. The third-order valence-corrected chi connectivity index (χ3v) is 3.39. The van der Waals surface area contributed by atoms with Crippen LogP contribution in [0.5, 0.6) is 5.75 Å². The van der Waals surface area contributed by atoms with Crippen LogP contribution >= 0.6 is 11.6 Å². The highest BCUT2D eigenvalue weighted by Crippen LogP contribution is 2.24. The second kappa shape index (κ2) is 7.60. The molecule has 0 unspecified atom stereocenters. The number of halogens is 1. The fourth-order valence-electron chi connectivity index (χ4n) is 1.96. The average Bonchev–Trinajstić information content (AvgIpc) is 2.55. The van der Waals surface area contributed by atoms with Crippen molar-refractivity contribution in [1.82, 2.24) is 0 Å². The fourth-order valence-corrected chi connectivity index (χ4v) is 2.13. The van der Waals surface area contributed by atoms with Gasteiger partial charge in [0.1, 0.15) is 11.3 Å². The standard InChI is InChI=1S/C16H14ClNO5/c1-22-13-5-2-11(3-6-13)8-9-23-16(19)14-7-4-12(17)10-15(14)18(20)21/h2-7,10H,8-9H2,1H3. The highest BCUT2D eigenvalue weighted by atomic mass is 35.5. The lowest BCUT2D eigenvalue weighted by molar-refractivity contribution is -0.385. The van der Waals surface area contributed by atoms with Crippen LogP contribution in [0.2, 0.25) is 5.02 Å². The highest BCUT2D eigenvalue weighted by Gasteiger charge is 2.21. The van der Waals surface area contributed by atoms with E-state index in [0.29, 0.717) is 6.42 Å². The van der Waals surface area contributed by atoms with Crippen LogP contribution < -0.4 is 4.74 Å². The molecule has 0 spiro atoms. The van der Waals surface area contributed by atoms with Crippen molar-refractivity contribution in [1.29, 1.82) is 0 Å². The largest absolute Gasteiger partial charge is 0.497 e. The molecule has 0 heterocycles. The Morgan fingerprint density at radius 2 is 1.91 bits per heavy atom. The molecular formula is C16H14ClNO5. The van der Waals surface area contributed by atoms with Crippen molar-refractivity contribution in [3.63, 3.8) is 0 Å². The Balaban J connectivity index is 1.98. The number of hydrogen-bond donors (Lipinski definition) is 0. The van der Waals surface area contributed by atoms with Crippen molar-refractivity contribution < 1.29 is 19.2 Å². The van der Waals surface area contributed by atoms with E-state index in [1.165, 1.54) is 12.1 Å². The lowest BCUT2D eigenvalue weighted by atomic mass is 10.1. The smallest absolute Gasteiger partial charge is 0.345 e. The van der Waals surface area contributed by atoms with E-state index in [1.807, 2.05) is 12.1 Å².